The minimum Gasteiger partial charge on any atom is -0.220 e. The molecular weight excluding hydrogens is 208 g/mol. The van der Waals surface area contributed by atoms with Crippen LogP contribution in [0, 0.1) is 5.41 Å². The number of tetrazole rings is 1. The normalized spacial score (nSPS) is 12.0. The number of halogens is 1. The van der Waals surface area contributed by atoms with Crippen LogP contribution in [-0.4, -0.2) is 20.2 Å². The third kappa shape index (κ3) is 2.57. The summed E-state index contributed by atoms with van der Waals surface area (Å²) in [4.78, 5) is 0. The van der Waals surface area contributed by atoms with Gasteiger partial charge in [0, 0.05) is 0 Å². The highest BCUT2D eigenvalue weighted by atomic mass is 79.9. The predicted molar refractivity (Wildman–Crippen MR) is 45.0 cm³/mol. The number of hydrogen-bond acceptors (Lipinski definition) is 3. The second-order valence-corrected chi connectivity index (χ2v) is 4.38. The van der Waals surface area contributed by atoms with Crippen molar-refractivity contribution in [3.8, 4) is 0 Å². The maximum Gasteiger partial charge on any atom is 0.218 e. The summed E-state index contributed by atoms with van der Waals surface area (Å²) in [6.45, 7) is 7.24. The molecule has 0 aromatic carbocycles. The third-order valence-electron chi connectivity index (χ3n) is 1.11. The van der Waals surface area contributed by atoms with Crippen LogP contribution in [0.5, 0.6) is 0 Å². The van der Waals surface area contributed by atoms with Gasteiger partial charge in [0.05, 0.1) is 6.54 Å². The Morgan fingerprint density at radius 3 is 2.45 bits per heavy atom. The second-order valence-electron chi connectivity index (χ2n) is 3.67. The molecule has 5 heteroatoms. The number of aromatic nitrogens is 4. The van der Waals surface area contributed by atoms with E-state index in [2.05, 4.69) is 52.2 Å². The van der Waals surface area contributed by atoms with E-state index in [0.717, 1.165) is 6.54 Å². The molecule has 0 bridgehead atoms. The van der Waals surface area contributed by atoms with E-state index in [1.54, 1.807) is 4.68 Å². The Kier molecular flexibility index (Phi) is 2.27. The molecule has 0 aliphatic heterocycles. The molecule has 0 aliphatic carbocycles. The Morgan fingerprint density at radius 2 is 2.09 bits per heavy atom. The molecular formula is C6H11BrN4. The van der Waals surface area contributed by atoms with Gasteiger partial charge in [-0.1, -0.05) is 20.8 Å². The third-order valence-corrected chi connectivity index (χ3v) is 1.68. The van der Waals surface area contributed by atoms with Crippen molar-refractivity contribution in [3.05, 3.63) is 4.73 Å². The predicted octanol–water partition coefficient (Wildman–Crippen LogP) is 1.48. The highest BCUT2D eigenvalue weighted by molar-refractivity contribution is 9.10. The van der Waals surface area contributed by atoms with E-state index in [9.17, 15) is 0 Å². The molecule has 0 radical (unpaired) electrons. The zero-order valence-electron chi connectivity index (χ0n) is 6.87. The summed E-state index contributed by atoms with van der Waals surface area (Å²) in [5.74, 6) is 0. The monoisotopic (exact) mass is 218 g/mol. The summed E-state index contributed by atoms with van der Waals surface area (Å²) in [7, 11) is 0. The van der Waals surface area contributed by atoms with E-state index < -0.39 is 0 Å². The molecule has 1 rings (SSSR count). The summed E-state index contributed by atoms with van der Waals surface area (Å²) in [5.41, 5.74) is 0.206. The zero-order chi connectivity index (χ0) is 8.48. The molecule has 1 heterocycles. The lowest BCUT2D eigenvalue weighted by atomic mass is 9.97. The van der Waals surface area contributed by atoms with Gasteiger partial charge < -0.3 is 0 Å². The first-order valence-corrected chi connectivity index (χ1v) is 4.20. The first-order valence-electron chi connectivity index (χ1n) is 3.41. The Bertz CT molecular complexity index is 237. The first-order chi connectivity index (χ1) is 4.99. The molecule has 11 heavy (non-hydrogen) atoms. The molecule has 0 amide bonds. The van der Waals surface area contributed by atoms with E-state index >= 15 is 0 Å². The van der Waals surface area contributed by atoms with Crippen LogP contribution in [-0.2, 0) is 6.54 Å². The van der Waals surface area contributed by atoms with Crippen LogP contribution in [0.3, 0.4) is 0 Å². The average molecular weight is 219 g/mol. The van der Waals surface area contributed by atoms with Crippen LogP contribution in [0.1, 0.15) is 20.8 Å². The van der Waals surface area contributed by atoms with Gasteiger partial charge in [-0.05, 0) is 31.8 Å². The lowest BCUT2D eigenvalue weighted by Crippen LogP contribution is -2.16. The fraction of sp³-hybridized carbons (Fsp3) is 0.833. The van der Waals surface area contributed by atoms with Gasteiger partial charge in [0.25, 0.3) is 0 Å². The largest absolute Gasteiger partial charge is 0.220 e. The molecule has 0 saturated heterocycles. The topological polar surface area (TPSA) is 43.6 Å². The quantitative estimate of drug-likeness (QED) is 0.718. The van der Waals surface area contributed by atoms with Crippen LogP contribution >= 0.6 is 15.9 Å². The molecule has 4 nitrogen and oxygen atoms in total. The van der Waals surface area contributed by atoms with E-state index in [4.69, 9.17) is 0 Å². The Hall–Kier alpha value is -0.450. The Balaban J connectivity index is 2.72. The van der Waals surface area contributed by atoms with Crippen LogP contribution in [0.25, 0.3) is 0 Å². The molecule has 0 saturated carbocycles. The number of nitrogens with zero attached hydrogens (tertiary/aromatic N) is 4. The minimum absolute atomic E-state index is 0.206. The lowest BCUT2D eigenvalue weighted by Gasteiger charge is -2.16. The summed E-state index contributed by atoms with van der Waals surface area (Å²) in [5, 5.41) is 11.1. The van der Waals surface area contributed by atoms with Gasteiger partial charge in [0.2, 0.25) is 4.73 Å². The van der Waals surface area contributed by atoms with Crippen molar-refractivity contribution in [2.24, 2.45) is 5.41 Å². The van der Waals surface area contributed by atoms with Crippen molar-refractivity contribution in [2.75, 3.05) is 0 Å². The molecule has 1 aromatic rings. The molecule has 62 valence electrons. The fourth-order valence-corrected chi connectivity index (χ4v) is 1.01. The first kappa shape index (κ1) is 8.64. The van der Waals surface area contributed by atoms with Gasteiger partial charge >= 0.3 is 0 Å². The summed E-state index contributed by atoms with van der Waals surface area (Å²) >= 11 is 3.25. The van der Waals surface area contributed by atoms with Gasteiger partial charge in [0.1, 0.15) is 0 Å². The maximum atomic E-state index is 3.81. The van der Waals surface area contributed by atoms with Gasteiger partial charge in [-0.2, -0.15) is 0 Å². The zero-order valence-corrected chi connectivity index (χ0v) is 8.46. The fourth-order valence-electron chi connectivity index (χ4n) is 0.740. The van der Waals surface area contributed by atoms with Gasteiger partial charge in [-0.15, -0.1) is 5.10 Å². The van der Waals surface area contributed by atoms with Crippen molar-refractivity contribution in [1.82, 2.24) is 20.2 Å². The van der Waals surface area contributed by atoms with E-state index in [1.807, 2.05) is 0 Å². The van der Waals surface area contributed by atoms with Gasteiger partial charge in [-0.25, -0.2) is 4.68 Å². The van der Waals surface area contributed by atoms with Crippen molar-refractivity contribution in [3.63, 3.8) is 0 Å². The summed E-state index contributed by atoms with van der Waals surface area (Å²) in [6, 6.07) is 0. The highest BCUT2D eigenvalue weighted by Crippen LogP contribution is 2.17. The molecule has 0 atom stereocenters. The van der Waals surface area contributed by atoms with E-state index in [0.29, 0.717) is 4.73 Å². The van der Waals surface area contributed by atoms with Gasteiger partial charge in [0.15, 0.2) is 0 Å². The lowest BCUT2D eigenvalue weighted by molar-refractivity contribution is 0.318. The Labute approximate surface area is 74.1 Å². The van der Waals surface area contributed by atoms with Crippen LogP contribution < -0.4 is 0 Å². The maximum absolute atomic E-state index is 3.81. The van der Waals surface area contributed by atoms with E-state index in [1.165, 1.54) is 0 Å². The molecule has 0 aliphatic rings. The molecule has 0 N–H and O–H groups in total. The Morgan fingerprint density at radius 1 is 1.45 bits per heavy atom. The van der Waals surface area contributed by atoms with Crippen molar-refractivity contribution in [2.45, 2.75) is 27.3 Å². The number of hydrogen-bond donors (Lipinski definition) is 0. The molecule has 0 fully saturated rings. The highest BCUT2D eigenvalue weighted by Gasteiger charge is 2.13. The summed E-state index contributed by atoms with van der Waals surface area (Å²) in [6.07, 6.45) is 0. The van der Waals surface area contributed by atoms with Crippen molar-refractivity contribution < 1.29 is 0 Å². The SMILES string of the molecule is CC(C)(C)Cn1nnnc1Br. The van der Waals surface area contributed by atoms with Crippen LogP contribution in [0.15, 0.2) is 4.73 Å². The average Bonchev–Trinajstić information content (AvgIpc) is 2.12. The smallest absolute Gasteiger partial charge is 0.218 e. The van der Waals surface area contributed by atoms with Crippen LogP contribution in [0.4, 0.5) is 0 Å². The summed E-state index contributed by atoms with van der Waals surface area (Å²) < 4.78 is 2.42. The molecule has 0 unspecified atom stereocenters. The van der Waals surface area contributed by atoms with Gasteiger partial charge in [-0.3, -0.25) is 0 Å². The standard InChI is InChI=1S/C6H11BrN4/c1-6(2,3)4-11-5(7)8-9-10-11/h4H2,1-3H3. The van der Waals surface area contributed by atoms with Crippen molar-refractivity contribution >= 4 is 15.9 Å². The number of rotatable bonds is 1. The minimum atomic E-state index is 0.206. The molecule has 1 aromatic heterocycles. The second kappa shape index (κ2) is 2.89. The molecule has 0 spiro atoms. The van der Waals surface area contributed by atoms with Crippen molar-refractivity contribution in [1.29, 1.82) is 0 Å². The van der Waals surface area contributed by atoms with Crippen LogP contribution in [0.2, 0.25) is 0 Å². The van der Waals surface area contributed by atoms with E-state index in [-0.39, 0.29) is 5.41 Å².